The van der Waals surface area contributed by atoms with Crippen molar-refractivity contribution in [1.82, 2.24) is 5.32 Å². The van der Waals surface area contributed by atoms with E-state index in [1.807, 2.05) is 13.0 Å². The molecule has 0 fully saturated rings. The minimum Gasteiger partial charge on any atom is -0.480 e. The van der Waals surface area contributed by atoms with Gasteiger partial charge in [-0.05, 0) is 77.0 Å². The first kappa shape index (κ1) is 44.8. The number of carbonyl (C=O) groups is 4. The number of ketones is 1. The van der Waals surface area contributed by atoms with E-state index in [-0.39, 0.29) is 31.1 Å². The van der Waals surface area contributed by atoms with Gasteiger partial charge in [0.1, 0.15) is 11.8 Å². The van der Waals surface area contributed by atoms with Crippen molar-refractivity contribution in [3.05, 3.63) is 60.8 Å². The number of carboxylic acid groups (broad SMARTS) is 1. The number of hydrogen-bond donors (Lipinski definition) is 3. The summed E-state index contributed by atoms with van der Waals surface area (Å²) in [6, 6.07) is -1.07. The van der Waals surface area contributed by atoms with Gasteiger partial charge in [0.15, 0.2) is 0 Å². The molecule has 4 N–H and O–H groups in total. The van der Waals surface area contributed by atoms with E-state index in [1.165, 1.54) is 44.9 Å². The van der Waals surface area contributed by atoms with Crippen LogP contribution in [0.5, 0.6) is 0 Å². The molecule has 0 aliphatic heterocycles. The molecular weight excluding hydrogens is 600 g/mol. The summed E-state index contributed by atoms with van der Waals surface area (Å²) in [4.78, 5) is 46.4. The van der Waals surface area contributed by atoms with E-state index in [9.17, 15) is 19.2 Å². The molecule has 0 aromatic heterocycles. The van der Waals surface area contributed by atoms with Crippen molar-refractivity contribution >= 4 is 23.6 Å². The van der Waals surface area contributed by atoms with Crippen LogP contribution in [0.3, 0.4) is 0 Å². The molecule has 0 aliphatic rings. The smallest absolute Gasteiger partial charge is 0.326 e. The lowest BCUT2D eigenvalue weighted by Gasteiger charge is -2.13. The van der Waals surface area contributed by atoms with Crippen molar-refractivity contribution in [2.45, 2.75) is 168 Å². The van der Waals surface area contributed by atoms with Gasteiger partial charge in [-0.3, -0.25) is 14.4 Å². The highest BCUT2D eigenvalue weighted by Crippen LogP contribution is 2.12. The van der Waals surface area contributed by atoms with Crippen molar-refractivity contribution in [3.63, 3.8) is 0 Å². The SMILES string of the molecule is CCCCC/C=C\C/C=C\CCCCCCCC(=O)C(C)/C=C\C/C=C\C/C=C\CCCCCCCC(=O)N[C@@H](CCC(N)=O)C(=O)O. The molecule has 0 saturated heterocycles. The third kappa shape index (κ3) is 31.4. The van der Waals surface area contributed by atoms with Crippen molar-refractivity contribution in [2.75, 3.05) is 0 Å². The molecule has 0 aliphatic carbocycles. The molecule has 7 heteroatoms. The number of Topliss-reactive ketones (excluding diaryl/α,β-unsaturated/α-hetero) is 1. The van der Waals surface area contributed by atoms with Crippen LogP contribution in [-0.4, -0.2) is 34.7 Å². The average Bonchev–Trinajstić information content (AvgIpc) is 3.06. The summed E-state index contributed by atoms with van der Waals surface area (Å²) in [5.41, 5.74) is 5.06. The quantitative estimate of drug-likeness (QED) is 0.0474. The predicted molar refractivity (Wildman–Crippen MR) is 200 cm³/mol. The fourth-order valence-corrected chi connectivity index (χ4v) is 5.18. The molecule has 0 spiro atoms. The number of carbonyl (C=O) groups excluding carboxylic acids is 3. The minimum absolute atomic E-state index is 0.00917. The van der Waals surface area contributed by atoms with Crippen molar-refractivity contribution in [1.29, 1.82) is 0 Å². The summed E-state index contributed by atoms with van der Waals surface area (Å²) in [5, 5.41) is 11.6. The van der Waals surface area contributed by atoms with Crippen LogP contribution < -0.4 is 11.1 Å². The number of unbranched alkanes of at least 4 members (excludes halogenated alkanes) is 13. The highest BCUT2D eigenvalue weighted by Gasteiger charge is 2.20. The van der Waals surface area contributed by atoms with E-state index < -0.39 is 17.9 Å². The first-order valence-electron chi connectivity index (χ1n) is 18.9. The minimum atomic E-state index is -1.15. The molecular formula is C41H68N2O5. The highest BCUT2D eigenvalue weighted by molar-refractivity contribution is 5.84. The number of primary amides is 1. The van der Waals surface area contributed by atoms with Crippen molar-refractivity contribution < 1.29 is 24.3 Å². The Labute approximate surface area is 292 Å². The van der Waals surface area contributed by atoms with Crippen LogP contribution in [0.1, 0.15) is 162 Å². The second-order valence-electron chi connectivity index (χ2n) is 12.8. The van der Waals surface area contributed by atoms with E-state index >= 15 is 0 Å². The number of rotatable bonds is 33. The fourth-order valence-electron chi connectivity index (χ4n) is 5.18. The number of nitrogens with two attached hydrogens (primary N) is 1. The Morgan fingerprint density at radius 2 is 1.06 bits per heavy atom. The van der Waals surface area contributed by atoms with E-state index in [1.54, 1.807) is 0 Å². The van der Waals surface area contributed by atoms with Gasteiger partial charge in [-0.2, -0.15) is 0 Å². The second kappa shape index (κ2) is 33.7. The van der Waals surface area contributed by atoms with Crippen LogP contribution in [0.25, 0.3) is 0 Å². The normalized spacial score (nSPS) is 13.4. The van der Waals surface area contributed by atoms with Gasteiger partial charge in [0.05, 0.1) is 0 Å². The Morgan fingerprint density at radius 1 is 0.604 bits per heavy atom. The van der Waals surface area contributed by atoms with E-state index in [0.29, 0.717) is 18.6 Å². The molecule has 0 saturated carbocycles. The Morgan fingerprint density at radius 3 is 1.58 bits per heavy atom. The molecule has 0 aromatic rings. The third-order valence-corrected chi connectivity index (χ3v) is 8.27. The Bertz CT molecular complexity index is 995. The van der Waals surface area contributed by atoms with Crippen LogP contribution in [0, 0.1) is 5.92 Å². The first-order valence-corrected chi connectivity index (χ1v) is 18.9. The lowest BCUT2D eigenvalue weighted by atomic mass is 9.99. The van der Waals surface area contributed by atoms with Crippen molar-refractivity contribution in [2.24, 2.45) is 11.7 Å². The molecule has 7 nitrogen and oxygen atoms in total. The number of allylic oxidation sites excluding steroid dienone is 10. The molecule has 2 amide bonds. The van der Waals surface area contributed by atoms with Gasteiger partial charge in [0.25, 0.3) is 0 Å². The molecule has 272 valence electrons. The molecule has 0 bridgehead atoms. The van der Waals surface area contributed by atoms with Gasteiger partial charge >= 0.3 is 5.97 Å². The summed E-state index contributed by atoms with van der Waals surface area (Å²) >= 11 is 0. The van der Waals surface area contributed by atoms with Crippen LogP contribution in [0.4, 0.5) is 0 Å². The molecule has 0 heterocycles. The number of nitrogens with one attached hydrogen (secondary N) is 1. The van der Waals surface area contributed by atoms with Gasteiger partial charge in [-0.15, -0.1) is 0 Å². The number of carboxylic acids is 1. The largest absolute Gasteiger partial charge is 0.480 e. The van der Waals surface area contributed by atoms with Crippen LogP contribution in [0.2, 0.25) is 0 Å². The summed E-state index contributed by atoms with van der Waals surface area (Å²) in [7, 11) is 0. The summed E-state index contributed by atoms with van der Waals surface area (Å²) in [6.07, 6.45) is 43.7. The molecule has 1 unspecified atom stereocenters. The zero-order chi connectivity index (χ0) is 35.5. The van der Waals surface area contributed by atoms with Gasteiger partial charge in [-0.1, -0.05) is 126 Å². The second-order valence-corrected chi connectivity index (χ2v) is 12.8. The lowest BCUT2D eigenvalue weighted by Crippen LogP contribution is -2.41. The highest BCUT2D eigenvalue weighted by atomic mass is 16.4. The van der Waals surface area contributed by atoms with E-state index in [2.05, 4.69) is 66.9 Å². The standard InChI is InChI=1S/C41H68N2O5/c1-3-4-5-6-7-8-9-10-11-14-17-20-23-26-29-32-38(44)36(2)31-28-25-22-19-16-13-12-15-18-21-24-27-30-33-40(46)43-37(41(47)48)34-35-39(42)45/h7-8,10-13,19,22,28,31,36-37H,3-6,9,14-18,20-21,23-27,29-30,32-35H2,1-2H3,(H2,42,45)(H,43,46)(H,47,48)/b8-7-,11-10-,13-12-,22-19-,31-28-/t36?,37-/m0/s1. The number of hydrogen-bond acceptors (Lipinski definition) is 4. The van der Waals surface area contributed by atoms with E-state index in [0.717, 1.165) is 70.6 Å². The maximum absolute atomic E-state index is 12.4. The molecule has 0 aromatic carbocycles. The van der Waals surface area contributed by atoms with E-state index in [4.69, 9.17) is 10.8 Å². The zero-order valence-electron chi connectivity index (χ0n) is 30.3. The number of aliphatic carboxylic acids is 1. The van der Waals surface area contributed by atoms with Gasteiger partial charge in [0.2, 0.25) is 11.8 Å². The Hall–Kier alpha value is -3.22. The van der Waals surface area contributed by atoms with Crippen LogP contribution in [0.15, 0.2) is 60.8 Å². The topological polar surface area (TPSA) is 127 Å². The zero-order valence-corrected chi connectivity index (χ0v) is 30.3. The summed E-state index contributed by atoms with van der Waals surface area (Å²) in [5.74, 6) is -1.70. The lowest BCUT2D eigenvalue weighted by molar-refractivity contribution is -0.142. The molecule has 0 radical (unpaired) electrons. The Balaban J connectivity index is 3.70. The maximum Gasteiger partial charge on any atom is 0.326 e. The van der Waals surface area contributed by atoms with Gasteiger partial charge in [0, 0.05) is 25.2 Å². The molecule has 48 heavy (non-hydrogen) atoms. The Kier molecular flexibility index (Phi) is 31.4. The average molecular weight is 669 g/mol. The van der Waals surface area contributed by atoms with Crippen LogP contribution >= 0.6 is 0 Å². The number of amides is 2. The van der Waals surface area contributed by atoms with Crippen molar-refractivity contribution in [3.8, 4) is 0 Å². The predicted octanol–water partition coefficient (Wildman–Crippen LogP) is 10.0. The van der Waals surface area contributed by atoms with Gasteiger partial charge < -0.3 is 16.2 Å². The third-order valence-electron chi connectivity index (χ3n) is 8.27. The van der Waals surface area contributed by atoms with Gasteiger partial charge in [-0.25, -0.2) is 4.79 Å². The molecule has 2 atom stereocenters. The fraction of sp³-hybridized carbons (Fsp3) is 0.659. The summed E-state index contributed by atoms with van der Waals surface area (Å²) in [6.45, 7) is 4.24. The molecule has 0 rings (SSSR count). The first-order chi connectivity index (χ1) is 23.3. The summed E-state index contributed by atoms with van der Waals surface area (Å²) < 4.78 is 0. The van der Waals surface area contributed by atoms with Crippen LogP contribution in [-0.2, 0) is 19.2 Å². The maximum atomic E-state index is 12.4. The monoisotopic (exact) mass is 669 g/mol.